The highest BCUT2D eigenvalue weighted by Gasteiger charge is 2.10. The van der Waals surface area contributed by atoms with Crippen LogP contribution >= 0.6 is 35.6 Å². The van der Waals surface area contributed by atoms with Crippen LogP contribution in [0.2, 0.25) is 5.02 Å². The fourth-order valence-corrected chi connectivity index (χ4v) is 3.58. The van der Waals surface area contributed by atoms with E-state index in [4.69, 9.17) is 11.6 Å². The second-order valence-electron chi connectivity index (χ2n) is 6.65. The number of aromatic nitrogens is 2. The third kappa shape index (κ3) is 4.99. The molecule has 0 unspecified atom stereocenters. The van der Waals surface area contributed by atoms with E-state index in [1.165, 1.54) is 22.0 Å². The van der Waals surface area contributed by atoms with Crippen molar-refractivity contribution >= 4 is 52.4 Å². The predicted octanol–water partition coefficient (Wildman–Crippen LogP) is 4.34. The van der Waals surface area contributed by atoms with Crippen LogP contribution < -0.4 is 5.32 Å². The summed E-state index contributed by atoms with van der Waals surface area (Å²) in [6.07, 6.45) is 4.96. The number of nitrogens with zero attached hydrogens (tertiary/aromatic N) is 3. The summed E-state index contributed by atoms with van der Waals surface area (Å²) in [6.45, 7) is 3.70. The summed E-state index contributed by atoms with van der Waals surface area (Å²) in [5.74, 6) is 0.873. The van der Waals surface area contributed by atoms with Crippen LogP contribution in [0.4, 0.5) is 0 Å². The SMILES string of the molecule is CN=C(NCCc1c[nH]c2c(C)cccc12)N(C)Cc1cc(Cl)cn1C.I. The number of benzene rings is 1. The molecule has 7 heteroatoms. The first-order valence-electron chi connectivity index (χ1n) is 8.77. The van der Waals surface area contributed by atoms with Crippen LogP contribution in [0, 0.1) is 6.92 Å². The van der Waals surface area contributed by atoms with E-state index in [-0.39, 0.29) is 24.0 Å². The first-order valence-corrected chi connectivity index (χ1v) is 9.15. The minimum absolute atomic E-state index is 0. The van der Waals surface area contributed by atoms with E-state index in [0.29, 0.717) is 0 Å². The molecule has 3 aromatic rings. The lowest BCUT2D eigenvalue weighted by Crippen LogP contribution is -2.39. The molecule has 0 radical (unpaired) electrons. The number of halogens is 2. The van der Waals surface area contributed by atoms with Crippen molar-refractivity contribution in [2.24, 2.45) is 12.0 Å². The van der Waals surface area contributed by atoms with E-state index in [0.717, 1.165) is 36.2 Å². The summed E-state index contributed by atoms with van der Waals surface area (Å²) in [5, 5.41) is 5.51. The van der Waals surface area contributed by atoms with Crippen LogP contribution in [-0.4, -0.2) is 41.1 Å². The summed E-state index contributed by atoms with van der Waals surface area (Å²) in [4.78, 5) is 9.89. The summed E-state index contributed by atoms with van der Waals surface area (Å²) >= 11 is 6.07. The average molecular weight is 500 g/mol. The fourth-order valence-electron chi connectivity index (χ4n) is 3.31. The Labute approximate surface area is 182 Å². The first kappa shape index (κ1) is 21.6. The minimum atomic E-state index is 0. The van der Waals surface area contributed by atoms with E-state index in [9.17, 15) is 0 Å². The Hall–Kier alpha value is -1.67. The highest BCUT2D eigenvalue weighted by molar-refractivity contribution is 14.0. The lowest BCUT2D eigenvalue weighted by atomic mass is 10.1. The van der Waals surface area contributed by atoms with Crippen molar-refractivity contribution in [3.8, 4) is 0 Å². The van der Waals surface area contributed by atoms with Gasteiger partial charge < -0.3 is 19.8 Å². The average Bonchev–Trinajstić information content (AvgIpc) is 3.15. The molecule has 27 heavy (non-hydrogen) atoms. The van der Waals surface area contributed by atoms with Gasteiger partial charge in [0, 0.05) is 56.7 Å². The molecule has 0 aliphatic rings. The van der Waals surface area contributed by atoms with Gasteiger partial charge in [-0.1, -0.05) is 29.8 Å². The largest absolute Gasteiger partial charge is 0.361 e. The maximum atomic E-state index is 6.07. The van der Waals surface area contributed by atoms with E-state index in [2.05, 4.69) is 51.5 Å². The number of guanidine groups is 1. The van der Waals surface area contributed by atoms with Gasteiger partial charge in [0.1, 0.15) is 0 Å². The van der Waals surface area contributed by atoms with Crippen LogP contribution in [0.25, 0.3) is 10.9 Å². The van der Waals surface area contributed by atoms with Crippen molar-refractivity contribution in [2.75, 3.05) is 20.6 Å². The van der Waals surface area contributed by atoms with E-state index >= 15 is 0 Å². The van der Waals surface area contributed by atoms with Gasteiger partial charge in [-0.15, -0.1) is 24.0 Å². The molecule has 0 aliphatic carbocycles. The predicted molar refractivity (Wildman–Crippen MR) is 125 cm³/mol. The lowest BCUT2D eigenvalue weighted by Gasteiger charge is -2.22. The Morgan fingerprint density at radius 3 is 2.81 bits per heavy atom. The zero-order valence-electron chi connectivity index (χ0n) is 16.2. The third-order valence-electron chi connectivity index (χ3n) is 4.73. The van der Waals surface area contributed by atoms with Gasteiger partial charge in [0.15, 0.2) is 5.96 Å². The highest BCUT2D eigenvalue weighted by atomic mass is 127. The summed E-state index contributed by atoms with van der Waals surface area (Å²) in [5.41, 5.74) is 4.97. The number of para-hydroxylation sites is 1. The molecule has 0 saturated heterocycles. The Kier molecular flexibility index (Phi) is 7.61. The van der Waals surface area contributed by atoms with Crippen LogP contribution in [0.1, 0.15) is 16.8 Å². The number of aromatic amines is 1. The lowest BCUT2D eigenvalue weighted by molar-refractivity contribution is 0.462. The molecule has 0 saturated carbocycles. The number of fused-ring (bicyclic) bond motifs is 1. The zero-order chi connectivity index (χ0) is 18.7. The van der Waals surface area contributed by atoms with Gasteiger partial charge in [-0.25, -0.2) is 0 Å². The van der Waals surface area contributed by atoms with Gasteiger partial charge in [0.05, 0.1) is 11.6 Å². The minimum Gasteiger partial charge on any atom is -0.361 e. The number of hydrogen-bond donors (Lipinski definition) is 2. The number of aliphatic imine (C=N–C) groups is 1. The molecule has 0 amide bonds. The van der Waals surface area contributed by atoms with Gasteiger partial charge in [-0.05, 0) is 30.5 Å². The van der Waals surface area contributed by atoms with E-state index in [1.54, 1.807) is 0 Å². The molecule has 3 rings (SSSR count). The number of H-pyrrole nitrogens is 1. The third-order valence-corrected chi connectivity index (χ3v) is 4.94. The second kappa shape index (κ2) is 9.50. The first-order chi connectivity index (χ1) is 12.5. The smallest absolute Gasteiger partial charge is 0.193 e. The summed E-state index contributed by atoms with van der Waals surface area (Å²) in [7, 11) is 5.85. The summed E-state index contributed by atoms with van der Waals surface area (Å²) in [6, 6.07) is 8.40. The molecule has 0 aliphatic heterocycles. The fraction of sp³-hybridized carbons (Fsp3) is 0.350. The van der Waals surface area contributed by atoms with Crippen molar-refractivity contribution in [1.29, 1.82) is 0 Å². The molecule has 5 nitrogen and oxygen atoms in total. The van der Waals surface area contributed by atoms with Crippen molar-refractivity contribution < 1.29 is 0 Å². The van der Waals surface area contributed by atoms with Crippen molar-refractivity contribution in [3.05, 3.63) is 58.5 Å². The molecule has 1 aromatic carbocycles. The monoisotopic (exact) mass is 499 g/mol. The quantitative estimate of drug-likeness (QED) is 0.312. The molecule has 0 fully saturated rings. The molecule has 0 spiro atoms. The van der Waals surface area contributed by atoms with Gasteiger partial charge in [0.25, 0.3) is 0 Å². The molecule has 2 heterocycles. The Bertz CT molecular complexity index is 928. The van der Waals surface area contributed by atoms with E-state index in [1.807, 2.05) is 38.0 Å². The van der Waals surface area contributed by atoms with Crippen molar-refractivity contribution in [1.82, 2.24) is 19.8 Å². The molecular formula is C20H27ClIN5. The normalized spacial score (nSPS) is 11.5. The van der Waals surface area contributed by atoms with Crippen LogP contribution in [0.5, 0.6) is 0 Å². The number of aryl methyl sites for hydroxylation is 2. The molecule has 0 bridgehead atoms. The standard InChI is InChI=1S/C20H26ClN5.HI/c1-14-6-5-7-18-15(11-24-19(14)18)8-9-23-20(22-2)26(4)13-17-10-16(21)12-25(17)3;/h5-7,10-12,24H,8-9,13H2,1-4H3,(H,22,23);1H. The Morgan fingerprint density at radius 1 is 1.37 bits per heavy atom. The van der Waals surface area contributed by atoms with Gasteiger partial charge in [-0.2, -0.15) is 0 Å². The van der Waals surface area contributed by atoms with Crippen molar-refractivity contribution in [2.45, 2.75) is 19.9 Å². The van der Waals surface area contributed by atoms with Crippen molar-refractivity contribution in [3.63, 3.8) is 0 Å². The van der Waals surface area contributed by atoms with E-state index < -0.39 is 0 Å². The Morgan fingerprint density at radius 2 is 2.15 bits per heavy atom. The topological polar surface area (TPSA) is 48.4 Å². The Balaban J connectivity index is 0.00000261. The van der Waals surface area contributed by atoms with Crippen LogP contribution in [0.15, 0.2) is 41.7 Å². The molecular weight excluding hydrogens is 473 g/mol. The number of rotatable bonds is 5. The number of nitrogens with one attached hydrogen (secondary N) is 2. The van der Waals surface area contributed by atoms with Gasteiger partial charge >= 0.3 is 0 Å². The summed E-state index contributed by atoms with van der Waals surface area (Å²) < 4.78 is 2.04. The molecule has 2 aromatic heterocycles. The number of hydrogen-bond acceptors (Lipinski definition) is 1. The molecule has 146 valence electrons. The van der Waals surface area contributed by atoms with Gasteiger partial charge in [0.2, 0.25) is 0 Å². The molecule has 2 N–H and O–H groups in total. The maximum absolute atomic E-state index is 6.07. The highest BCUT2D eigenvalue weighted by Crippen LogP contribution is 2.21. The molecule has 0 atom stereocenters. The van der Waals surface area contributed by atoms with Crippen LogP contribution in [0.3, 0.4) is 0 Å². The second-order valence-corrected chi connectivity index (χ2v) is 7.09. The maximum Gasteiger partial charge on any atom is 0.193 e. The zero-order valence-corrected chi connectivity index (χ0v) is 19.3. The van der Waals surface area contributed by atoms with Gasteiger partial charge in [-0.3, -0.25) is 4.99 Å². The van der Waals surface area contributed by atoms with Crippen LogP contribution in [-0.2, 0) is 20.0 Å².